The molecule has 1 aliphatic rings. The molecule has 8 heteroatoms. The Morgan fingerprint density at radius 3 is 2.52 bits per heavy atom. The predicted molar refractivity (Wildman–Crippen MR) is 89.2 cm³/mol. The molecule has 23 heavy (non-hydrogen) atoms. The van der Waals surface area contributed by atoms with Crippen LogP contribution in [-0.4, -0.2) is 56.2 Å². The lowest BCUT2D eigenvalue weighted by atomic mass is 10.2. The topological polar surface area (TPSA) is 75.7 Å². The monoisotopic (exact) mass is 360 g/mol. The molecule has 6 nitrogen and oxygen atoms in total. The van der Waals surface area contributed by atoms with Crippen molar-refractivity contribution in [3.05, 3.63) is 34.9 Å². The van der Waals surface area contributed by atoms with E-state index in [1.54, 1.807) is 24.3 Å². The van der Waals surface area contributed by atoms with E-state index in [-0.39, 0.29) is 30.4 Å². The Balaban J connectivity index is 1.90. The molecule has 1 fully saturated rings. The van der Waals surface area contributed by atoms with Gasteiger partial charge in [-0.15, -0.1) is 0 Å². The molecule has 0 saturated carbocycles. The minimum absolute atomic E-state index is 0.0342. The Hall–Kier alpha value is -1.15. The Morgan fingerprint density at radius 2 is 1.91 bits per heavy atom. The molecule has 1 amide bonds. The molecular weight excluding hydrogens is 340 g/mol. The number of rotatable bonds is 5. The van der Waals surface area contributed by atoms with Crippen molar-refractivity contribution < 1.29 is 17.9 Å². The van der Waals surface area contributed by atoms with Gasteiger partial charge in [-0.05, 0) is 26.0 Å². The Kier molecular flexibility index (Phi) is 6.02. The van der Waals surface area contributed by atoms with Crippen LogP contribution in [0.3, 0.4) is 0 Å². The van der Waals surface area contributed by atoms with Gasteiger partial charge in [-0.2, -0.15) is 4.31 Å². The van der Waals surface area contributed by atoms with Gasteiger partial charge >= 0.3 is 0 Å². The summed E-state index contributed by atoms with van der Waals surface area (Å²) in [6, 6.07) is 6.64. The number of hydrogen-bond donors (Lipinski definition) is 1. The van der Waals surface area contributed by atoms with Crippen LogP contribution in [0, 0.1) is 0 Å². The normalized spacial score (nSPS) is 22.7. The van der Waals surface area contributed by atoms with E-state index < -0.39 is 10.0 Å². The summed E-state index contributed by atoms with van der Waals surface area (Å²) < 4.78 is 31.7. The maximum absolute atomic E-state index is 12.4. The molecule has 2 atom stereocenters. The zero-order valence-corrected chi connectivity index (χ0v) is 14.7. The van der Waals surface area contributed by atoms with Crippen LogP contribution < -0.4 is 5.32 Å². The van der Waals surface area contributed by atoms with E-state index in [1.807, 2.05) is 13.8 Å². The van der Waals surface area contributed by atoms with E-state index >= 15 is 0 Å². The number of nitrogens with one attached hydrogen (secondary N) is 1. The second-order valence-corrected chi connectivity index (χ2v) is 8.12. The van der Waals surface area contributed by atoms with Gasteiger partial charge in [0.1, 0.15) is 0 Å². The maximum Gasteiger partial charge on any atom is 0.252 e. The van der Waals surface area contributed by atoms with Crippen molar-refractivity contribution >= 4 is 27.5 Å². The van der Waals surface area contributed by atoms with Gasteiger partial charge in [0.15, 0.2) is 0 Å². The van der Waals surface area contributed by atoms with Crippen LogP contribution in [0.25, 0.3) is 0 Å². The summed E-state index contributed by atoms with van der Waals surface area (Å²) in [4.78, 5) is 12.0. The van der Waals surface area contributed by atoms with Gasteiger partial charge in [-0.3, -0.25) is 4.79 Å². The van der Waals surface area contributed by atoms with E-state index in [4.69, 9.17) is 16.3 Å². The molecule has 1 aliphatic heterocycles. The van der Waals surface area contributed by atoms with Crippen molar-refractivity contribution in [1.29, 1.82) is 0 Å². The van der Waals surface area contributed by atoms with Crippen molar-refractivity contribution in [3.63, 3.8) is 0 Å². The summed E-state index contributed by atoms with van der Waals surface area (Å²) in [5, 5.41) is 2.93. The molecule has 2 unspecified atom stereocenters. The first-order chi connectivity index (χ1) is 10.8. The minimum atomic E-state index is -3.43. The van der Waals surface area contributed by atoms with Crippen molar-refractivity contribution in [2.75, 3.05) is 25.4 Å². The van der Waals surface area contributed by atoms with E-state index in [1.165, 1.54) is 4.31 Å². The third-order valence-electron chi connectivity index (χ3n) is 3.54. The fraction of sp³-hybridized carbons (Fsp3) is 0.533. The van der Waals surface area contributed by atoms with Gasteiger partial charge < -0.3 is 10.1 Å². The van der Waals surface area contributed by atoms with Gasteiger partial charge in [-0.1, -0.05) is 23.7 Å². The SMILES string of the molecule is CC1CN(S(=O)(=O)CCNC(=O)c2ccccc2Cl)CC(C)O1. The van der Waals surface area contributed by atoms with Crippen LogP contribution >= 0.6 is 11.6 Å². The van der Waals surface area contributed by atoms with Gasteiger partial charge in [0.25, 0.3) is 5.91 Å². The molecule has 1 heterocycles. The van der Waals surface area contributed by atoms with Crippen LogP contribution in [0.5, 0.6) is 0 Å². The van der Waals surface area contributed by atoms with Crippen LogP contribution in [0.1, 0.15) is 24.2 Å². The largest absolute Gasteiger partial charge is 0.373 e. The fourth-order valence-corrected chi connectivity index (χ4v) is 4.23. The summed E-state index contributed by atoms with van der Waals surface area (Å²) >= 11 is 5.94. The molecule has 0 aliphatic carbocycles. The fourth-order valence-electron chi connectivity index (χ4n) is 2.52. The quantitative estimate of drug-likeness (QED) is 0.863. The number of amides is 1. The first-order valence-electron chi connectivity index (χ1n) is 7.45. The molecule has 0 bridgehead atoms. The van der Waals surface area contributed by atoms with Gasteiger partial charge in [0.05, 0.1) is 28.5 Å². The first-order valence-corrected chi connectivity index (χ1v) is 9.44. The lowest BCUT2D eigenvalue weighted by Gasteiger charge is -2.34. The highest BCUT2D eigenvalue weighted by Gasteiger charge is 2.30. The zero-order valence-electron chi connectivity index (χ0n) is 13.2. The van der Waals surface area contributed by atoms with Crippen LogP contribution in [-0.2, 0) is 14.8 Å². The van der Waals surface area contributed by atoms with E-state index in [2.05, 4.69) is 5.32 Å². The maximum atomic E-state index is 12.4. The summed E-state index contributed by atoms with van der Waals surface area (Å²) in [6.45, 7) is 4.40. The van der Waals surface area contributed by atoms with E-state index in [9.17, 15) is 13.2 Å². The molecular formula is C15H21ClN2O4S. The Morgan fingerprint density at radius 1 is 1.30 bits per heavy atom. The zero-order chi connectivity index (χ0) is 17.0. The molecule has 0 aromatic heterocycles. The van der Waals surface area contributed by atoms with Gasteiger partial charge in [0, 0.05) is 19.6 Å². The number of carbonyl (C=O) groups is 1. The van der Waals surface area contributed by atoms with Crippen molar-refractivity contribution in [1.82, 2.24) is 9.62 Å². The lowest BCUT2D eigenvalue weighted by molar-refractivity contribution is -0.0440. The van der Waals surface area contributed by atoms with Crippen molar-refractivity contribution in [2.24, 2.45) is 0 Å². The first kappa shape index (κ1) is 18.2. The third-order valence-corrected chi connectivity index (χ3v) is 5.68. The number of benzene rings is 1. The number of halogens is 1. The van der Waals surface area contributed by atoms with Crippen molar-refractivity contribution in [3.8, 4) is 0 Å². The number of morpholine rings is 1. The van der Waals surface area contributed by atoms with Crippen LogP contribution in [0.15, 0.2) is 24.3 Å². The second-order valence-electron chi connectivity index (χ2n) is 5.63. The molecule has 0 radical (unpaired) electrons. The van der Waals surface area contributed by atoms with Crippen LogP contribution in [0.4, 0.5) is 0 Å². The standard InChI is InChI=1S/C15H21ClN2O4S/c1-11-9-18(10-12(2)22-11)23(20,21)8-7-17-15(19)13-5-3-4-6-14(13)16/h3-6,11-12H,7-10H2,1-2H3,(H,17,19). The van der Waals surface area contributed by atoms with E-state index in [0.717, 1.165) is 0 Å². The summed E-state index contributed by atoms with van der Waals surface area (Å²) in [5.74, 6) is -0.530. The predicted octanol–water partition coefficient (Wildman–Crippen LogP) is 1.51. The highest BCUT2D eigenvalue weighted by atomic mass is 35.5. The minimum Gasteiger partial charge on any atom is -0.373 e. The molecule has 1 N–H and O–H groups in total. The van der Waals surface area contributed by atoms with Crippen molar-refractivity contribution in [2.45, 2.75) is 26.1 Å². The average molecular weight is 361 g/mol. The molecule has 128 valence electrons. The number of carbonyl (C=O) groups excluding carboxylic acids is 1. The smallest absolute Gasteiger partial charge is 0.252 e. The van der Waals surface area contributed by atoms with Gasteiger partial charge in [-0.25, -0.2) is 8.42 Å². The number of ether oxygens (including phenoxy) is 1. The number of sulfonamides is 1. The van der Waals surface area contributed by atoms with Crippen LogP contribution in [0.2, 0.25) is 5.02 Å². The summed E-state index contributed by atoms with van der Waals surface area (Å²) in [7, 11) is -3.43. The summed E-state index contributed by atoms with van der Waals surface area (Å²) in [6.07, 6.45) is -0.266. The summed E-state index contributed by atoms with van der Waals surface area (Å²) in [5.41, 5.74) is 0.334. The highest BCUT2D eigenvalue weighted by molar-refractivity contribution is 7.89. The number of nitrogens with zero attached hydrogens (tertiary/aromatic N) is 1. The molecule has 1 saturated heterocycles. The third kappa shape index (κ3) is 4.91. The number of hydrogen-bond acceptors (Lipinski definition) is 4. The highest BCUT2D eigenvalue weighted by Crippen LogP contribution is 2.16. The molecule has 2 rings (SSSR count). The molecule has 1 aromatic carbocycles. The van der Waals surface area contributed by atoms with Gasteiger partial charge in [0.2, 0.25) is 10.0 Å². The Labute approximate surface area is 141 Å². The second kappa shape index (κ2) is 7.61. The average Bonchev–Trinajstić information content (AvgIpc) is 2.46. The Bertz CT molecular complexity index is 655. The lowest BCUT2D eigenvalue weighted by Crippen LogP contribution is -2.49. The molecule has 0 spiro atoms. The van der Waals surface area contributed by atoms with E-state index in [0.29, 0.717) is 23.7 Å². The molecule has 1 aromatic rings.